The summed E-state index contributed by atoms with van der Waals surface area (Å²) in [7, 11) is 0. The number of hydrogen-bond donors (Lipinski definition) is 2. The van der Waals surface area contributed by atoms with Gasteiger partial charge >= 0.3 is 0 Å². The number of tetrazole rings is 1. The molecule has 2 aromatic rings. The standard InChI is InChI=1S/C13H17N5O/c1-13(2)11(7-12(13)19)15-9-3-5-10(6-4-9)18-8-14-16-17-18/h3-6,8,11-12,15,19H,7H2,1-2H3. The number of anilines is 1. The van der Waals surface area contributed by atoms with E-state index in [9.17, 15) is 5.11 Å². The van der Waals surface area contributed by atoms with Crippen molar-refractivity contribution < 1.29 is 5.11 Å². The first-order chi connectivity index (χ1) is 9.07. The van der Waals surface area contributed by atoms with E-state index in [0.717, 1.165) is 17.8 Å². The SMILES string of the molecule is CC1(C)C(O)CC1Nc1ccc(-n2cnnn2)cc1. The lowest BCUT2D eigenvalue weighted by Gasteiger charge is -2.49. The maximum Gasteiger partial charge on any atom is 0.143 e. The predicted octanol–water partition coefficient (Wildman–Crippen LogP) is 1.23. The number of benzene rings is 1. The van der Waals surface area contributed by atoms with Crippen LogP contribution in [-0.4, -0.2) is 37.5 Å². The fourth-order valence-corrected chi connectivity index (χ4v) is 2.34. The van der Waals surface area contributed by atoms with Gasteiger partial charge in [-0.3, -0.25) is 0 Å². The molecule has 1 saturated carbocycles. The van der Waals surface area contributed by atoms with Gasteiger partial charge in [0.2, 0.25) is 0 Å². The average molecular weight is 259 g/mol. The summed E-state index contributed by atoms with van der Waals surface area (Å²) in [6.45, 7) is 4.16. The molecule has 1 aromatic heterocycles. The predicted molar refractivity (Wildman–Crippen MR) is 71.0 cm³/mol. The summed E-state index contributed by atoms with van der Waals surface area (Å²) < 4.78 is 1.61. The molecule has 0 saturated heterocycles. The Labute approximate surface area is 111 Å². The van der Waals surface area contributed by atoms with E-state index in [1.165, 1.54) is 0 Å². The molecule has 2 unspecified atom stereocenters. The maximum absolute atomic E-state index is 9.73. The van der Waals surface area contributed by atoms with Crippen molar-refractivity contribution in [3.8, 4) is 5.69 Å². The third kappa shape index (κ3) is 2.08. The summed E-state index contributed by atoms with van der Waals surface area (Å²) in [5.41, 5.74) is 1.89. The molecule has 1 aromatic carbocycles. The fraction of sp³-hybridized carbons (Fsp3) is 0.462. The molecular formula is C13H17N5O. The van der Waals surface area contributed by atoms with Crippen LogP contribution in [0, 0.1) is 5.41 Å². The van der Waals surface area contributed by atoms with E-state index < -0.39 is 0 Å². The van der Waals surface area contributed by atoms with Gasteiger partial charge in [-0.1, -0.05) is 13.8 Å². The van der Waals surface area contributed by atoms with Gasteiger partial charge in [0.1, 0.15) is 6.33 Å². The summed E-state index contributed by atoms with van der Waals surface area (Å²) >= 11 is 0. The van der Waals surface area contributed by atoms with Crippen LogP contribution < -0.4 is 5.32 Å². The van der Waals surface area contributed by atoms with Crippen molar-refractivity contribution in [1.29, 1.82) is 0 Å². The van der Waals surface area contributed by atoms with Crippen molar-refractivity contribution >= 4 is 5.69 Å². The molecule has 1 fully saturated rings. The highest BCUT2D eigenvalue weighted by Gasteiger charge is 2.47. The average Bonchev–Trinajstić information content (AvgIpc) is 2.93. The molecule has 100 valence electrons. The van der Waals surface area contributed by atoms with Gasteiger partial charge in [-0.2, -0.15) is 0 Å². The number of nitrogens with zero attached hydrogens (tertiary/aromatic N) is 4. The van der Waals surface area contributed by atoms with Crippen LogP contribution in [0.4, 0.5) is 5.69 Å². The Hall–Kier alpha value is -1.95. The van der Waals surface area contributed by atoms with Crippen LogP contribution in [0.25, 0.3) is 5.69 Å². The number of rotatable bonds is 3. The second-order valence-corrected chi connectivity index (χ2v) is 5.57. The molecular weight excluding hydrogens is 242 g/mol. The van der Waals surface area contributed by atoms with Crippen molar-refractivity contribution in [3.05, 3.63) is 30.6 Å². The van der Waals surface area contributed by atoms with Gasteiger partial charge in [0.25, 0.3) is 0 Å². The zero-order chi connectivity index (χ0) is 13.5. The number of aliphatic hydroxyl groups excluding tert-OH is 1. The van der Waals surface area contributed by atoms with Crippen molar-refractivity contribution in [3.63, 3.8) is 0 Å². The Morgan fingerprint density at radius 2 is 2.05 bits per heavy atom. The van der Waals surface area contributed by atoms with Gasteiger partial charge < -0.3 is 10.4 Å². The molecule has 2 N–H and O–H groups in total. The number of aromatic nitrogens is 4. The van der Waals surface area contributed by atoms with E-state index in [1.807, 2.05) is 24.3 Å². The molecule has 6 nitrogen and oxygen atoms in total. The molecule has 1 aliphatic carbocycles. The molecule has 6 heteroatoms. The lowest BCUT2D eigenvalue weighted by atomic mass is 9.64. The van der Waals surface area contributed by atoms with E-state index in [4.69, 9.17) is 0 Å². The number of aliphatic hydroxyl groups is 1. The van der Waals surface area contributed by atoms with E-state index in [0.29, 0.717) is 6.04 Å². The van der Waals surface area contributed by atoms with Gasteiger partial charge in [0.05, 0.1) is 11.8 Å². The summed E-state index contributed by atoms with van der Waals surface area (Å²) in [6, 6.07) is 8.22. The zero-order valence-corrected chi connectivity index (χ0v) is 11.0. The molecule has 3 rings (SSSR count). The molecule has 0 spiro atoms. The quantitative estimate of drug-likeness (QED) is 0.867. The zero-order valence-electron chi connectivity index (χ0n) is 11.0. The van der Waals surface area contributed by atoms with E-state index >= 15 is 0 Å². The Kier molecular flexibility index (Phi) is 2.74. The monoisotopic (exact) mass is 259 g/mol. The molecule has 0 aliphatic heterocycles. The normalized spacial score (nSPS) is 24.8. The number of nitrogens with one attached hydrogen (secondary N) is 1. The molecule has 0 radical (unpaired) electrons. The summed E-state index contributed by atoms with van der Waals surface area (Å²) in [4.78, 5) is 0. The van der Waals surface area contributed by atoms with Gasteiger partial charge in [-0.25, -0.2) is 4.68 Å². The molecule has 0 amide bonds. The van der Waals surface area contributed by atoms with Crippen LogP contribution in [0.2, 0.25) is 0 Å². The minimum absolute atomic E-state index is 0.0749. The minimum atomic E-state index is -0.217. The van der Waals surface area contributed by atoms with Crippen LogP contribution >= 0.6 is 0 Å². The largest absolute Gasteiger partial charge is 0.392 e. The second kappa shape index (κ2) is 4.31. The van der Waals surface area contributed by atoms with Crippen LogP contribution in [-0.2, 0) is 0 Å². The lowest BCUT2D eigenvalue weighted by molar-refractivity contribution is -0.0510. The highest BCUT2D eigenvalue weighted by atomic mass is 16.3. The van der Waals surface area contributed by atoms with Gasteiger partial charge in [0.15, 0.2) is 0 Å². The van der Waals surface area contributed by atoms with Gasteiger partial charge in [-0.05, 0) is 41.1 Å². The van der Waals surface area contributed by atoms with E-state index in [-0.39, 0.29) is 11.5 Å². The first-order valence-corrected chi connectivity index (χ1v) is 6.35. The van der Waals surface area contributed by atoms with Crippen LogP contribution in [0.3, 0.4) is 0 Å². The Morgan fingerprint density at radius 3 is 2.58 bits per heavy atom. The molecule has 1 aliphatic rings. The van der Waals surface area contributed by atoms with Gasteiger partial charge in [0, 0.05) is 17.1 Å². The Bertz CT molecular complexity index is 549. The molecule has 2 atom stereocenters. The van der Waals surface area contributed by atoms with Crippen LogP contribution in [0.5, 0.6) is 0 Å². The first-order valence-electron chi connectivity index (χ1n) is 6.35. The summed E-state index contributed by atoms with van der Waals surface area (Å²) in [6.07, 6.45) is 2.14. The van der Waals surface area contributed by atoms with Gasteiger partial charge in [-0.15, -0.1) is 5.10 Å². The Morgan fingerprint density at radius 1 is 1.32 bits per heavy atom. The maximum atomic E-state index is 9.73. The van der Waals surface area contributed by atoms with E-state index in [1.54, 1.807) is 11.0 Å². The first kappa shape index (κ1) is 12.1. The second-order valence-electron chi connectivity index (χ2n) is 5.57. The van der Waals surface area contributed by atoms with Crippen molar-refractivity contribution in [2.24, 2.45) is 5.41 Å². The lowest BCUT2D eigenvalue weighted by Crippen LogP contribution is -2.56. The molecule has 0 bridgehead atoms. The Balaban J connectivity index is 1.70. The number of hydrogen-bond acceptors (Lipinski definition) is 5. The van der Waals surface area contributed by atoms with Crippen molar-refractivity contribution in [2.45, 2.75) is 32.4 Å². The third-order valence-corrected chi connectivity index (χ3v) is 4.04. The molecule has 1 heterocycles. The minimum Gasteiger partial charge on any atom is -0.392 e. The van der Waals surface area contributed by atoms with Crippen molar-refractivity contribution in [2.75, 3.05) is 5.32 Å². The highest BCUT2D eigenvalue weighted by molar-refractivity contribution is 5.49. The third-order valence-electron chi connectivity index (χ3n) is 4.04. The fourth-order valence-electron chi connectivity index (χ4n) is 2.34. The van der Waals surface area contributed by atoms with Crippen LogP contribution in [0.15, 0.2) is 30.6 Å². The summed E-state index contributed by atoms with van der Waals surface area (Å²) in [5, 5.41) is 24.2. The van der Waals surface area contributed by atoms with Crippen LogP contribution in [0.1, 0.15) is 20.3 Å². The topological polar surface area (TPSA) is 75.9 Å². The smallest absolute Gasteiger partial charge is 0.143 e. The highest BCUT2D eigenvalue weighted by Crippen LogP contribution is 2.42. The summed E-state index contributed by atoms with van der Waals surface area (Å²) in [5.74, 6) is 0. The molecule has 19 heavy (non-hydrogen) atoms. The van der Waals surface area contributed by atoms with Crippen molar-refractivity contribution in [1.82, 2.24) is 20.2 Å². The van der Waals surface area contributed by atoms with E-state index in [2.05, 4.69) is 34.7 Å².